The first-order valence-corrected chi connectivity index (χ1v) is 4.78. The second-order valence-corrected chi connectivity index (χ2v) is 3.06. The van der Waals surface area contributed by atoms with Crippen molar-refractivity contribution in [2.24, 2.45) is 0 Å². The summed E-state index contributed by atoms with van der Waals surface area (Å²) in [6.45, 7) is 10.9. The monoisotopic (exact) mass is 192 g/mol. The Kier molecular flexibility index (Phi) is 3.51. The predicted octanol–water partition coefficient (Wildman–Crippen LogP) is 2.05. The van der Waals surface area contributed by atoms with Crippen LogP contribution in [0.3, 0.4) is 0 Å². The van der Waals surface area contributed by atoms with Crippen LogP contribution in [0, 0.1) is 0 Å². The smallest absolute Gasteiger partial charge is 0.322 e. The lowest BCUT2D eigenvalue weighted by molar-refractivity contribution is 0.228. The number of hydrogen-bond donors (Lipinski definition) is 1. The highest BCUT2D eigenvalue weighted by molar-refractivity contribution is 5.79. The summed E-state index contributed by atoms with van der Waals surface area (Å²) in [7, 11) is 0. The topological polar surface area (TPSA) is 32.3 Å². The Morgan fingerprint density at radius 2 is 2.29 bits per heavy atom. The van der Waals surface area contributed by atoms with Crippen LogP contribution in [0.4, 0.5) is 4.79 Å². The quantitative estimate of drug-likeness (QED) is 0.679. The second-order valence-electron chi connectivity index (χ2n) is 3.06. The predicted molar refractivity (Wildman–Crippen MR) is 57.8 cm³/mol. The minimum Gasteiger partial charge on any atom is -0.336 e. The van der Waals surface area contributed by atoms with E-state index in [2.05, 4.69) is 18.5 Å². The van der Waals surface area contributed by atoms with E-state index < -0.39 is 0 Å². The zero-order chi connectivity index (χ0) is 10.6. The van der Waals surface area contributed by atoms with Crippen LogP contribution in [0.25, 0.3) is 0 Å². The van der Waals surface area contributed by atoms with E-state index in [1.54, 1.807) is 17.1 Å². The van der Waals surface area contributed by atoms with Crippen molar-refractivity contribution in [2.75, 3.05) is 13.1 Å². The highest BCUT2D eigenvalue weighted by Gasteiger charge is 2.22. The van der Waals surface area contributed by atoms with Crippen LogP contribution >= 0.6 is 0 Å². The van der Waals surface area contributed by atoms with E-state index in [4.69, 9.17) is 0 Å². The second kappa shape index (κ2) is 4.65. The first-order valence-electron chi connectivity index (χ1n) is 4.78. The summed E-state index contributed by atoms with van der Waals surface area (Å²) in [5.74, 6) is 0. The Balaban J connectivity index is 3.00. The van der Waals surface area contributed by atoms with Crippen molar-refractivity contribution in [2.45, 2.75) is 13.3 Å². The fourth-order valence-corrected chi connectivity index (χ4v) is 1.55. The van der Waals surface area contributed by atoms with Gasteiger partial charge in [0.05, 0.1) is 0 Å². The molecule has 1 rings (SSSR count). The Labute approximate surface area is 84.8 Å². The van der Waals surface area contributed by atoms with Gasteiger partial charge < -0.3 is 5.32 Å². The summed E-state index contributed by atoms with van der Waals surface area (Å²) in [6.07, 6.45) is 4.35. The molecule has 1 saturated heterocycles. The molecule has 0 unspecified atom stereocenters. The molecule has 0 spiro atoms. The number of allylic oxidation sites excluding steroid dienone is 3. The number of hydrogen-bond acceptors (Lipinski definition) is 1. The van der Waals surface area contributed by atoms with Crippen molar-refractivity contribution in [3.8, 4) is 0 Å². The Hall–Kier alpha value is -1.51. The number of carbonyl (C=O) groups is 1. The summed E-state index contributed by atoms with van der Waals surface area (Å²) in [5, 5.41) is 2.76. The lowest BCUT2D eigenvalue weighted by Gasteiger charge is -2.18. The van der Waals surface area contributed by atoms with E-state index in [1.165, 1.54) is 0 Å². The van der Waals surface area contributed by atoms with Crippen LogP contribution in [0.2, 0.25) is 0 Å². The maximum absolute atomic E-state index is 11.4. The van der Waals surface area contributed by atoms with E-state index in [9.17, 15) is 4.79 Å². The van der Waals surface area contributed by atoms with Crippen molar-refractivity contribution >= 4 is 6.03 Å². The number of nitrogens with one attached hydrogen (secondary N) is 1. The molecule has 1 aliphatic heterocycles. The highest BCUT2D eigenvalue weighted by Crippen LogP contribution is 2.17. The fourth-order valence-electron chi connectivity index (χ4n) is 1.55. The van der Waals surface area contributed by atoms with Crippen molar-refractivity contribution in [3.05, 3.63) is 36.6 Å². The van der Waals surface area contributed by atoms with Gasteiger partial charge in [0.25, 0.3) is 0 Å². The van der Waals surface area contributed by atoms with Gasteiger partial charge in [0, 0.05) is 18.8 Å². The van der Waals surface area contributed by atoms with Gasteiger partial charge in [-0.05, 0) is 18.1 Å². The van der Waals surface area contributed by atoms with Gasteiger partial charge in [-0.1, -0.05) is 26.2 Å². The van der Waals surface area contributed by atoms with Crippen molar-refractivity contribution in [1.29, 1.82) is 0 Å². The summed E-state index contributed by atoms with van der Waals surface area (Å²) >= 11 is 0. The average Bonchev–Trinajstić information content (AvgIpc) is 2.61. The Morgan fingerprint density at radius 1 is 1.57 bits per heavy atom. The number of carbonyl (C=O) groups excluding carboxylic acids is 1. The molecule has 0 aromatic heterocycles. The van der Waals surface area contributed by atoms with Gasteiger partial charge in [-0.25, -0.2) is 4.79 Å². The SMILES string of the molecule is C=C/C(CC)=C(\C=C)N1CCNC1=O. The Bertz CT molecular complexity index is 292. The molecule has 0 bridgehead atoms. The van der Waals surface area contributed by atoms with Crippen molar-refractivity contribution < 1.29 is 4.79 Å². The summed E-state index contributed by atoms with van der Waals surface area (Å²) in [5.41, 5.74) is 1.93. The standard InChI is InChI=1S/C11H16N2O/c1-4-9(5-2)10(6-3)13-8-7-12-11(13)14/h4,6H,1,3,5,7-8H2,2H3,(H,12,14)/b10-9-. The normalized spacial score (nSPS) is 17.5. The Morgan fingerprint density at radius 3 is 2.64 bits per heavy atom. The maximum Gasteiger partial charge on any atom is 0.322 e. The van der Waals surface area contributed by atoms with Gasteiger partial charge >= 0.3 is 6.03 Å². The zero-order valence-corrected chi connectivity index (χ0v) is 8.55. The van der Waals surface area contributed by atoms with Crippen LogP contribution in [-0.2, 0) is 0 Å². The van der Waals surface area contributed by atoms with Crippen LogP contribution in [0.5, 0.6) is 0 Å². The number of nitrogens with zero attached hydrogens (tertiary/aromatic N) is 1. The van der Waals surface area contributed by atoms with Gasteiger partial charge in [0.1, 0.15) is 0 Å². The van der Waals surface area contributed by atoms with E-state index in [0.29, 0.717) is 13.1 Å². The molecule has 1 N–H and O–H groups in total. The highest BCUT2D eigenvalue weighted by atomic mass is 16.2. The molecule has 1 fully saturated rings. The van der Waals surface area contributed by atoms with Crippen molar-refractivity contribution in [1.82, 2.24) is 10.2 Å². The molecule has 0 radical (unpaired) electrons. The van der Waals surface area contributed by atoms with Gasteiger partial charge in [-0.15, -0.1) is 0 Å². The van der Waals surface area contributed by atoms with Gasteiger partial charge in [0.2, 0.25) is 0 Å². The third-order valence-electron chi connectivity index (χ3n) is 2.30. The molecule has 0 aromatic carbocycles. The summed E-state index contributed by atoms with van der Waals surface area (Å²) < 4.78 is 0. The molecule has 1 aliphatic rings. The molecule has 2 amide bonds. The third-order valence-corrected chi connectivity index (χ3v) is 2.30. The van der Waals surface area contributed by atoms with Crippen molar-refractivity contribution in [3.63, 3.8) is 0 Å². The van der Waals surface area contributed by atoms with Gasteiger partial charge in [-0.2, -0.15) is 0 Å². The molecule has 14 heavy (non-hydrogen) atoms. The molecule has 0 aliphatic carbocycles. The summed E-state index contributed by atoms with van der Waals surface area (Å²) in [4.78, 5) is 13.1. The first-order chi connectivity index (χ1) is 6.74. The third kappa shape index (κ3) is 1.87. The first kappa shape index (κ1) is 10.6. The average molecular weight is 192 g/mol. The minimum atomic E-state index is -0.0484. The largest absolute Gasteiger partial charge is 0.336 e. The van der Waals surface area contributed by atoms with E-state index >= 15 is 0 Å². The molecule has 1 heterocycles. The lowest BCUT2D eigenvalue weighted by Crippen LogP contribution is -2.27. The fraction of sp³-hybridized carbons (Fsp3) is 0.364. The van der Waals surface area contributed by atoms with E-state index in [-0.39, 0.29) is 6.03 Å². The molecular formula is C11H16N2O. The lowest BCUT2D eigenvalue weighted by atomic mass is 10.1. The zero-order valence-electron chi connectivity index (χ0n) is 8.55. The molecule has 0 aromatic rings. The van der Waals surface area contributed by atoms with Gasteiger partial charge in [-0.3, -0.25) is 4.90 Å². The van der Waals surface area contributed by atoms with E-state index in [1.807, 2.05) is 6.92 Å². The summed E-state index contributed by atoms with van der Waals surface area (Å²) in [6, 6.07) is -0.0484. The minimum absolute atomic E-state index is 0.0484. The number of urea groups is 1. The van der Waals surface area contributed by atoms with Crippen LogP contribution < -0.4 is 5.32 Å². The molecular weight excluding hydrogens is 176 g/mol. The molecule has 3 nitrogen and oxygen atoms in total. The van der Waals surface area contributed by atoms with E-state index in [0.717, 1.165) is 17.7 Å². The molecule has 3 heteroatoms. The van der Waals surface area contributed by atoms with Crippen LogP contribution in [0.1, 0.15) is 13.3 Å². The maximum atomic E-state index is 11.4. The van der Waals surface area contributed by atoms with Gasteiger partial charge in [0.15, 0.2) is 0 Å². The molecule has 0 atom stereocenters. The number of amides is 2. The van der Waals surface area contributed by atoms with Crippen LogP contribution in [0.15, 0.2) is 36.6 Å². The molecule has 76 valence electrons. The molecule has 0 saturated carbocycles. The number of rotatable bonds is 4. The van der Waals surface area contributed by atoms with Crippen LogP contribution in [-0.4, -0.2) is 24.0 Å².